The molecular formula is C23H23ClN4O4. The second kappa shape index (κ2) is 8.92. The Labute approximate surface area is 190 Å². The lowest BCUT2D eigenvalue weighted by Crippen LogP contribution is -2.20. The molecule has 0 atom stereocenters. The quantitative estimate of drug-likeness (QED) is 0.537. The minimum atomic E-state index is -0.612. The van der Waals surface area contributed by atoms with Gasteiger partial charge < -0.3 is 20.5 Å². The third kappa shape index (κ3) is 4.55. The van der Waals surface area contributed by atoms with Gasteiger partial charge in [-0.15, -0.1) is 0 Å². The molecule has 0 aliphatic heterocycles. The molecule has 9 heteroatoms. The molecule has 3 N–H and O–H groups in total. The average molecular weight is 455 g/mol. The molecule has 166 valence electrons. The Hall–Kier alpha value is -3.52. The van der Waals surface area contributed by atoms with Crippen LogP contribution < -0.4 is 20.5 Å². The van der Waals surface area contributed by atoms with E-state index in [0.29, 0.717) is 27.8 Å². The van der Waals surface area contributed by atoms with Crippen LogP contribution in [-0.4, -0.2) is 35.3 Å². The van der Waals surface area contributed by atoms with E-state index in [1.54, 1.807) is 29.1 Å². The van der Waals surface area contributed by atoms with Crippen LogP contribution in [0, 0.1) is 6.92 Å². The van der Waals surface area contributed by atoms with Gasteiger partial charge in [0.25, 0.3) is 11.8 Å². The number of hydrogen-bond acceptors (Lipinski definition) is 5. The molecule has 1 aromatic heterocycles. The number of nitrogens with two attached hydrogens (primary N) is 1. The van der Waals surface area contributed by atoms with Crippen molar-refractivity contribution < 1.29 is 19.1 Å². The smallest absolute Gasteiger partial charge is 0.259 e. The topological polar surface area (TPSA) is 108 Å². The maximum absolute atomic E-state index is 13.1. The Bertz CT molecular complexity index is 1190. The van der Waals surface area contributed by atoms with Crippen LogP contribution in [0.3, 0.4) is 0 Å². The van der Waals surface area contributed by atoms with E-state index in [-0.39, 0.29) is 18.4 Å². The van der Waals surface area contributed by atoms with E-state index in [9.17, 15) is 9.59 Å². The highest BCUT2D eigenvalue weighted by atomic mass is 35.5. The van der Waals surface area contributed by atoms with Crippen LogP contribution in [0.25, 0.3) is 5.69 Å². The van der Waals surface area contributed by atoms with Crippen molar-refractivity contribution in [2.24, 2.45) is 5.73 Å². The molecule has 1 saturated carbocycles. The summed E-state index contributed by atoms with van der Waals surface area (Å²) in [6.07, 6.45) is 3.57. The molecule has 1 aliphatic rings. The minimum Gasteiger partial charge on any atom is -0.493 e. The number of nitrogens with zero attached hydrogens (tertiary/aromatic N) is 2. The summed E-state index contributed by atoms with van der Waals surface area (Å²) in [5.41, 5.74) is 8.79. The number of rotatable bonds is 8. The third-order valence-electron chi connectivity index (χ3n) is 5.21. The monoisotopic (exact) mass is 454 g/mol. The number of aryl methyl sites for hydroxylation is 1. The van der Waals surface area contributed by atoms with Crippen LogP contribution in [0.5, 0.6) is 11.5 Å². The third-order valence-corrected chi connectivity index (χ3v) is 5.61. The van der Waals surface area contributed by atoms with Crippen molar-refractivity contribution in [2.75, 3.05) is 19.0 Å². The van der Waals surface area contributed by atoms with Gasteiger partial charge in [0.15, 0.2) is 18.1 Å². The molecule has 0 unspecified atom stereocenters. The highest BCUT2D eigenvalue weighted by Gasteiger charge is 2.33. The van der Waals surface area contributed by atoms with Crippen molar-refractivity contribution >= 4 is 29.1 Å². The molecule has 0 spiro atoms. The SMILES string of the molecule is COc1ccc(NC(=O)c2cnn(-c3ccc(C)c(Cl)c3)c2C2CC2)cc1OCC(N)=O. The molecular weight excluding hydrogens is 432 g/mol. The number of aromatic nitrogens is 2. The number of methoxy groups -OCH3 is 1. The zero-order chi connectivity index (χ0) is 22.8. The standard InChI is InChI=1S/C23H23ClN4O4/c1-13-3-7-16(10-18(13)24)28-22(14-4-5-14)17(11-26-28)23(30)27-15-6-8-19(31-2)20(9-15)32-12-21(25)29/h3,6-11,14H,4-5,12H2,1-2H3,(H2,25,29)(H,27,30). The Kier molecular flexibility index (Phi) is 6.05. The van der Waals surface area contributed by atoms with Crippen LogP contribution in [0.1, 0.15) is 40.4 Å². The van der Waals surface area contributed by atoms with Crippen molar-refractivity contribution in [3.05, 3.63) is 64.4 Å². The minimum absolute atomic E-state index is 0.267. The summed E-state index contributed by atoms with van der Waals surface area (Å²) < 4.78 is 12.4. The Morgan fingerprint density at radius 3 is 2.66 bits per heavy atom. The summed E-state index contributed by atoms with van der Waals surface area (Å²) in [5, 5.41) is 8.00. The predicted molar refractivity (Wildman–Crippen MR) is 121 cm³/mol. The molecule has 1 fully saturated rings. The maximum Gasteiger partial charge on any atom is 0.259 e. The molecule has 0 radical (unpaired) electrons. The molecule has 3 aromatic rings. The van der Waals surface area contributed by atoms with Crippen LogP contribution in [0.4, 0.5) is 5.69 Å². The van der Waals surface area contributed by atoms with Crippen molar-refractivity contribution in [2.45, 2.75) is 25.7 Å². The molecule has 8 nitrogen and oxygen atoms in total. The summed E-state index contributed by atoms with van der Waals surface area (Å²) >= 11 is 6.30. The summed E-state index contributed by atoms with van der Waals surface area (Å²) in [4.78, 5) is 24.2. The lowest BCUT2D eigenvalue weighted by Gasteiger charge is -2.13. The van der Waals surface area contributed by atoms with Gasteiger partial charge in [0.2, 0.25) is 0 Å². The molecule has 1 heterocycles. The van der Waals surface area contributed by atoms with E-state index in [1.807, 2.05) is 25.1 Å². The number of nitrogens with one attached hydrogen (secondary N) is 1. The first-order chi connectivity index (χ1) is 15.4. The van der Waals surface area contributed by atoms with Crippen molar-refractivity contribution in [1.82, 2.24) is 9.78 Å². The number of benzene rings is 2. The van der Waals surface area contributed by atoms with Gasteiger partial charge >= 0.3 is 0 Å². The normalized spacial score (nSPS) is 13.0. The number of amides is 2. The van der Waals surface area contributed by atoms with Crippen LogP contribution in [-0.2, 0) is 4.79 Å². The molecule has 0 saturated heterocycles. The van der Waals surface area contributed by atoms with Crippen LogP contribution in [0.15, 0.2) is 42.6 Å². The molecule has 1 aliphatic carbocycles. The van der Waals surface area contributed by atoms with Gasteiger partial charge in [0, 0.05) is 22.7 Å². The van der Waals surface area contributed by atoms with Gasteiger partial charge in [-0.25, -0.2) is 4.68 Å². The highest BCUT2D eigenvalue weighted by molar-refractivity contribution is 6.31. The Morgan fingerprint density at radius 2 is 2.00 bits per heavy atom. The molecule has 4 rings (SSSR count). The first-order valence-corrected chi connectivity index (χ1v) is 10.5. The van der Waals surface area contributed by atoms with Crippen molar-refractivity contribution in [3.63, 3.8) is 0 Å². The number of halogens is 1. The summed E-state index contributed by atoms with van der Waals surface area (Å²) in [7, 11) is 1.48. The largest absolute Gasteiger partial charge is 0.493 e. The van der Waals surface area contributed by atoms with E-state index in [0.717, 1.165) is 29.8 Å². The van der Waals surface area contributed by atoms with Gasteiger partial charge in [0.1, 0.15) is 0 Å². The second-order valence-electron chi connectivity index (χ2n) is 7.64. The number of primary amides is 1. The van der Waals surface area contributed by atoms with E-state index >= 15 is 0 Å². The fourth-order valence-corrected chi connectivity index (χ4v) is 3.59. The van der Waals surface area contributed by atoms with Gasteiger partial charge in [-0.2, -0.15) is 5.10 Å². The molecule has 2 amide bonds. The van der Waals surface area contributed by atoms with Gasteiger partial charge in [-0.3, -0.25) is 9.59 Å². The number of anilines is 1. The Morgan fingerprint density at radius 1 is 1.22 bits per heavy atom. The maximum atomic E-state index is 13.1. The fourth-order valence-electron chi connectivity index (χ4n) is 3.42. The van der Waals surface area contributed by atoms with Crippen LogP contribution in [0.2, 0.25) is 5.02 Å². The van der Waals surface area contributed by atoms with E-state index < -0.39 is 5.91 Å². The van der Waals surface area contributed by atoms with E-state index in [1.165, 1.54) is 7.11 Å². The van der Waals surface area contributed by atoms with Gasteiger partial charge in [-0.1, -0.05) is 17.7 Å². The molecule has 0 bridgehead atoms. The molecule has 2 aromatic carbocycles. The summed E-state index contributed by atoms with van der Waals surface area (Å²) in [6, 6.07) is 10.6. The van der Waals surface area contributed by atoms with Crippen LogP contribution >= 0.6 is 11.6 Å². The van der Waals surface area contributed by atoms with E-state index in [2.05, 4.69) is 10.4 Å². The average Bonchev–Trinajstić information content (AvgIpc) is 3.51. The predicted octanol–water partition coefficient (Wildman–Crippen LogP) is 3.84. The zero-order valence-electron chi connectivity index (χ0n) is 17.7. The zero-order valence-corrected chi connectivity index (χ0v) is 18.5. The number of hydrogen-bond donors (Lipinski definition) is 2. The molecule has 32 heavy (non-hydrogen) atoms. The van der Waals surface area contributed by atoms with Gasteiger partial charge in [0.05, 0.1) is 30.3 Å². The van der Waals surface area contributed by atoms with Gasteiger partial charge in [-0.05, 0) is 49.6 Å². The summed E-state index contributed by atoms with van der Waals surface area (Å²) in [5.74, 6) is 0.0914. The first-order valence-electron chi connectivity index (χ1n) is 10.1. The number of carbonyl (C=O) groups excluding carboxylic acids is 2. The number of ether oxygens (including phenoxy) is 2. The second-order valence-corrected chi connectivity index (χ2v) is 8.04. The van der Waals surface area contributed by atoms with E-state index in [4.69, 9.17) is 26.8 Å². The summed E-state index contributed by atoms with van der Waals surface area (Å²) in [6.45, 7) is 1.64. The highest BCUT2D eigenvalue weighted by Crippen LogP contribution is 2.43. The lowest BCUT2D eigenvalue weighted by molar-refractivity contribution is -0.119. The number of carbonyl (C=O) groups is 2. The Balaban J connectivity index is 1.61. The first kappa shape index (κ1) is 21.7. The van der Waals surface area contributed by atoms with Crippen molar-refractivity contribution in [3.8, 4) is 17.2 Å². The lowest BCUT2D eigenvalue weighted by atomic mass is 10.1. The fraction of sp³-hybridized carbons (Fsp3) is 0.261. The van der Waals surface area contributed by atoms with Crippen molar-refractivity contribution in [1.29, 1.82) is 0 Å².